The van der Waals surface area contributed by atoms with Gasteiger partial charge in [0.2, 0.25) is 0 Å². The van der Waals surface area contributed by atoms with Crippen molar-refractivity contribution in [1.29, 1.82) is 0 Å². The third-order valence-corrected chi connectivity index (χ3v) is 15.7. The van der Waals surface area contributed by atoms with Gasteiger partial charge in [-0.25, -0.2) is 0 Å². The zero-order valence-electron chi connectivity index (χ0n) is 36.6. The minimum absolute atomic E-state index is 0.0808. The molecule has 0 amide bonds. The van der Waals surface area contributed by atoms with Crippen LogP contribution in [-0.4, -0.2) is 0 Å². The molecule has 0 aromatic heterocycles. The normalized spacial score (nSPS) is 13.1. The molecular formula is C64H42. The Kier molecular flexibility index (Phi) is 6.41. The second-order valence-electron chi connectivity index (χ2n) is 19.9. The summed E-state index contributed by atoms with van der Waals surface area (Å²) in [7, 11) is 0. The van der Waals surface area contributed by atoms with E-state index in [9.17, 15) is 0 Å². The van der Waals surface area contributed by atoms with Crippen LogP contribution in [0, 0.1) is 13.8 Å². The summed E-state index contributed by atoms with van der Waals surface area (Å²) in [5, 5.41) is 27.0. The molecule has 0 atom stereocenters. The number of hydrogen-bond acceptors (Lipinski definition) is 0. The molecule has 0 heterocycles. The van der Waals surface area contributed by atoms with E-state index in [2.05, 4.69) is 198 Å². The molecule has 15 rings (SSSR count). The molecule has 1 aliphatic carbocycles. The lowest BCUT2D eigenvalue weighted by Gasteiger charge is -2.20. The molecule has 14 aromatic rings. The Hall–Kier alpha value is -7.54. The Labute approximate surface area is 371 Å². The molecule has 0 radical (unpaired) electrons. The molecule has 0 saturated heterocycles. The summed E-state index contributed by atoms with van der Waals surface area (Å²) in [5.41, 5.74) is 14.8. The fourth-order valence-electron chi connectivity index (χ4n) is 12.8. The Balaban J connectivity index is 1.16. The fourth-order valence-corrected chi connectivity index (χ4v) is 12.8. The summed E-state index contributed by atoms with van der Waals surface area (Å²) in [6.45, 7) is 11.5. The van der Waals surface area contributed by atoms with Crippen molar-refractivity contribution in [3.05, 3.63) is 180 Å². The zero-order chi connectivity index (χ0) is 42.5. The summed E-state index contributed by atoms with van der Waals surface area (Å²) < 4.78 is 0. The van der Waals surface area contributed by atoms with Gasteiger partial charge in [-0.15, -0.1) is 0 Å². The summed E-state index contributed by atoms with van der Waals surface area (Å²) in [5.74, 6) is 0. The van der Waals surface area contributed by atoms with Crippen LogP contribution in [-0.2, 0) is 5.41 Å². The highest BCUT2D eigenvalue weighted by Gasteiger charge is 2.30. The third kappa shape index (κ3) is 4.16. The lowest BCUT2D eigenvalue weighted by molar-refractivity contribution is 0.590. The van der Waals surface area contributed by atoms with Crippen LogP contribution in [0.5, 0.6) is 0 Å². The molecule has 0 saturated carbocycles. The minimum atomic E-state index is 0.0808. The summed E-state index contributed by atoms with van der Waals surface area (Å²) in [4.78, 5) is 0. The summed E-state index contributed by atoms with van der Waals surface area (Å²) >= 11 is 0. The highest BCUT2D eigenvalue weighted by Crippen LogP contribution is 2.58. The average molecular weight is 811 g/mol. The van der Waals surface area contributed by atoms with Crippen LogP contribution in [0.15, 0.2) is 164 Å². The average Bonchev–Trinajstić information content (AvgIpc) is 3.94. The Morgan fingerprint density at radius 1 is 0.266 bits per heavy atom. The maximum atomic E-state index is 2.56. The van der Waals surface area contributed by atoms with Crippen molar-refractivity contribution in [2.75, 3.05) is 0 Å². The van der Waals surface area contributed by atoms with Gasteiger partial charge in [0.15, 0.2) is 0 Å². The molecule has 64 heavy (non-hydrogen) atoms. The minimum Gasteiger partial charge on any atom is -0.0620 e. The number of hydrogen-bond donors (Lipinski definition) is 0. The Bertz CT molecular complexity index is 4200. The van der Waals surface area contributed by atoms with Crippen LogP contribution in [0.1, 0.15) is 37.5 Å². The fraction of sp³-hybridized carbons (Fsp3) is 0.0938. The third-order valence-electron chi connectivity index (χ3n) is 15.7. The molecule has 0 N–H and O–H groups in total. The van der Waals surface area contributed by atoms with Gasteiger partial charge in [0.05, 0.1) is 0 Å². The lowest BCUT2D eigenvalue weighted by Crippen LogP contribution is -2.10. The smallest absolute Gasteiger partial charge is 0.000730 e. The van der Waals surface area contributed by atoms with Crippen molar-refractivity contribution in [3.63, 3.8) is 0 Å². The van der Waals surface area contributed by atoms with E-state index in [4.69, 9.17) is 0 Å². The van der Waals surface area contributed by atoms with Crippen molar-refractivity contribution in [2.45, 2.75) is 40.0 Å². The standard InChI is InChI=1S/C64H42/c1-33-12-6-8-16-37(33)56-53-31-51-40-18-10-14-35-15-11-19-41(55(35)40)52(51)32-54(53)57(38-17-9-7-13-34(38)2)63-49-29-27-46-44-24-25-47-50-30-36(64(3,4)5)20-21-39(50)42-22-23-43(59(44)58(42)47)45-26-28-48(62(56)63)61(49)60(45)46/h6-32H,1-5H3. The first-order chi connectivity index (χ1) is 31.2. The van der Waals surface area contributed by atoms with E-state index < -0.39 is 0 Å². The van der Waals surface area contributed by atoms with E-state index in [1.54, 1.807) is 0 Å². The van der Waals surface area contributed by atoms with Crippen molar-refractivity contribution >= 4 is 108 Å². The largest absolute Gasteiger partial charge is 0.0620 e. The molecule has 14 aromatic carbocycles. The molecule has 0 aliphatic heterocycles. The van der Waals surface area contributed by atoms with Crippen molar-refractivity contribution in [3.8, 4) is 44.5 Å². The number of fused-ring (bicyclic) bond motifs is 12. The molecule has 1 aliphatic rings. The zero-order valence-corrected chi connectivity index (χ0v) is 36.6. The van der Waals surface area contributed by atoms with Gasteiger partial charge < -0.3 is 0 Å². The number of aryl methyl sites for hydroxylation is 2. The van der Waals surface area contributed by atoms with E-state index in [0.29, 0.717) is 0 Å². The Morgan fingerprint density at radius 2 is 0.703 bits per heavy atom. The molecule has 0 fully saturated rings. The van der Waals surface area contributed by atoms with E-state index in [-0.39, 0.29) is 5.41 Å². The highest BCUT2D eigenvalue weighted by molar-refractivity contribution is 6.47. The van der Waals surface area contributed by atoms with Gasteiger partial charge in [0, 0.05) is 0 Å². The lowest BCUT2D eigenvalue weighted by atomic mass is 9.84. The van der Waals surface area contributed by atoms with Crippen molar-refractivity contribution < 1.29 is 0 Å². The van der Waals surface area contributed by atoms with Gasteiger partial charge in [-0.05, 0) is 206 Å². The van der Waals surface area contributed by atoms with E-state index in [1.807, 2.05) is 0 Å². The first-order valence-electron chi connectivity index (χ1n) is 22.9. The predicted octanol–water partition coefficient (Wildman–Crippen LogP) is 18.4. The van der Waals surface area contributed by atoms with E-state index in [0.717, 1.165) is 0 Å². The second kappa shape index (κ2) is 11.7. The topological polar surface area (TPSA) is 0 Å². The number of benzene rings is 12. The predicted molar refractivity (Wildman–Crippen MR) is 279 cm³/mol. The molecule has 0 unspecified atom stereocenters. The quantitative estimate of drug-likeness (QED) is 0.121. The van der Waals surface area contributed by atoms with Gasteiger partial charge in [-0.2, -0.15) is 0 Å². The van der Waals surface area contributed by atoms with Crippen molar-refractivity contribution in [1.82, 2.24) is 0 Å². The summed E-state index contributed by atoms with van der Waals surface area (Å²) in [6.07, 6.45) is 0. The SMILES string of the molecule is Cc1ccccc1-c1c2cc3c(cc2c(-c2ccccc2C)c2c4ccc5c6ccc7c8c(ccc(c9ccc(c12)c4c95)c86)-c1ccc(C(C)(C)C)cc1-7)c1cccc2cccc3c21. The summed E-state index contributed by atoms with van der Waals surface area (Å²) in [6, 6.07) is 63.7. The van der Waals surface area contributed by atoms with Crippen LogP contribution >= 0.6 is 0 Å². The van der Waals surface area contributed by atoms with Gasteiger partial charge in [0.25, 0.3) is 0 Å². The maximum absolute atomic E-state index is 2.56. The maximum Gasteiger partial charge on any atom is -0.000730 e. The van der Waals surface area contributed by atoms with Gasteiger partial charge in [-0.1, -0.05) is 166 Å². The molecule has 0 nitrogen and oxygen atoms in total. The molecule has 0 bridgehead atoms. The van der Waals surface area contributed by atoms with E-state index >= 15 is 0 Å². The van der Waals surface area contributed by atoms with E-state index in [1.165, 1.54) is 169 Å². The molecule has 298 valence electrons. The molecular weight excluding hydrogens is 769 g/mol. The number of rotatable bonds is 2. The molecule has 0 spiro atoms. The first-order valence-corrected chi connectivity index (χ1v) is 22.9. The van der Waals surface area contributed by atoms with Gasteiger partial charge >= 0.3 is 0 Å². The van der Waals surface area contributed by atoms with Crippen LogP contribution in [0.2, 0.25) is 0 Å². The molecule has 0 heteroatoms. The van der Waals surface area contributed by atoms with Crippen LogP contribution < -0.4 is 0 Å². The first kappa shape index (κ1) is 35.0. The highest BCUT2D eigenvalue weighted by atomic mass is 14.3. The second-order valence-corrected chi connectivity index (χ2v) is 19.9. The Morgan fingerprint density at radius 3 is 1.23 bits per heavy atom. The van der Waals surface area contributed by atoms with Gasteiger partial charge in [-0.3, -0.25) is 0 Å². The van der Waals surface area contributed by atoms with Crippen molar-refractivity contribution in [2.24, 2.45) is 0 Å². The van der Waals surface area contributed by atoms with Crippen LogP contribution in [0.4, 0.5) is 0 Å². The van der Waals surface area contributed by atoms with Crippen LogP contribution in [0.3, 0.4) is 0 Å². The monoisotopic (exact) mass is 810 g/mol. The van der Waals surface area contributed by atoms with Crippen LogP contribution in [0.25, 0.3) is 152 Å². The van der Waals surface area contributed by atoms with Gasteiger partial charge in [0.1, 0.15) is 0 Å².